The third kappa shape index (κ3) is 2.65. The lowest BCUT2D eigenvalue weighted by Crippen LogP contribution is -2.27. The Morgan fingerprint density at radius 1 is 1.56 bits per heavy atom. The second kappa shape index (κ2) is 5.31. The highest BCUT2D eigenvalue weighted by Crippen LogP contribution is 2.11. The summed E-state index contributed by atoms with van der Waals surface area (Å²) in [7, 11) is 1.90. The zero-order valence-corrected chi connectivity index (χ0v) is 10.00. The van der Waals surface area contributed by atoms with Crippen LogP contribution in [0.1, 0.15) is 16.2 Å². The molecule has 94 valence electrons. The van der Waals surface area contributed by atoms with Gasteiger partial charge in [0.25, 0.3) is 5.91 Å². The lowest BCUT2D eigenvalue weighted by Gasteiger charge is -2.06. The maximum absolute atomic E-state index is 11.7. The number of amides is 1. The first-order chi connectivity index (χ1) is 8.68. The smallest absolute Gasteiger partial charge is 0.273 e. The van der Waals surface area contributed by atoms with Crippen molar-refractivity contribution in [1.82, 2.24) is 19.9 Å². The van der Waals surface area contributed by atoms with Crippen molar-refractivity contribution in [1.29, 1.82) is 0 Å². The Bertz CT molecular complexity index is 551. The Labute approximate surface area is 104 Å². The molecule has 0 spiro atoms. The lowest BCUT2D eigenvalue weighted by molar-refractivity contribution is 0.0946. The number of aromatic nitrogens is 3. The molecule has 2 N–H and O–H groups in total. The first-order valence-electron chi connectivity index (χ1n) is 5.56. The van der Waals surface area contributed by atoms with Gasteiger partial charge in [0.1, 0.15) is 5.75 Å². The summed E-state index contributed by atoms with van der Waals surface area (Å²) in [4.78, 5) is 19.5. The van der Waals surface area contributed by atoms with Crippen LogP contribution in [0.15, 0.2) is 30.9 Å². The van der Waals surface area contributed by atoms with Gasteiger partial charge < -0.3 is 15.0 Å². The van der Waals surface area contributed by atoms with Crippen molar-refractivity contribution in [2.75, 3.05) is 6.54 Å². The summed E-state index contributed by atoms with van der Waals surface area (Å²) in [5.74, 6) is -0.495. The third-order valence-corrected chi connectivity index (χ3v) is 2.58. The van der Waals surface area contributed by atoms with E-state index in [-0.39, 0.29) is 17.4 Å². The quantitative estimate of drug-likeness (QED) is 0.823. The average molecular weight is 246 g/mol. The maximum Gasteiger partial charge on any atom is 0.273 e. The minimum Gasteiger partial charge on any atom is -0.505 e. The van der Waals surface area contributed by atoms with Gasteiger partial charge in [0.05, 0.1) is 6.33 Å². The number of pyridine rings is 1. The second-order valence-corrected chi connectivity index (χ2v) is 3.87. The molecule has 18 heavy (non-hydrogen) atoms. The molecule has 2 heterocycles. The number of aryl methyl sites for hydroxylation is 1. The summed E-state index contributed by atoms with van der Waals surface area (Å²) in [6.07, 6.45) is 5.61. The highest BCUT2D eigenvalue weighted by atomic mass is 16.3. The van der Waals surface area contributed by atoms with Gasteiger partial charge in [0.15, 0.2) is 5.69 Å². The van der Waals surface area contributed by atoms with Gasteiger partial charge in [-0.2, -0.15) is 0 Å². The number of nitrogens with one attached hydrogen (secondary N) is 1. The molecule has 0 aromatic carbocycles. The number of nitrogens with zero attached hydrogens (tertiary/aromatic N) is 3. The summed E-state index contributed by atoms with van der Waals surface area (Å²) in [5, 5.41) is 12.2. The van der Waals surface area contributed by atoms with E-state index in [4.69, 9.17) is 0 Å². The summed E-state index contributed by atoms with van der Waals surface area (Å²) < 4.78 is 1.89. The number of imidazole rings is 1. The minimum atomic E-state index is -0.379. The van der Waals surface area contributed by atoms with Gasteiger partial charge >= 0.3 is 0 Å². The van der Waals surface area contributed by atoms with E-state index in [9.17, 15) is 9.90 Å². The Balaban J connectivity index is 1.90. The van der Waals surface area contributed by atoms with Crippen molar-refractivity contribution < 1.29 is 9.90 Å². The van der Waals surface area contributed by atoms with Crippen LogP contribution in [0.25, 0.3) is 0 Å². The molecule has 2 aromatic heterocycles. The van der Waals surface area contributed by atoms with E-state index in [1.807, 2.05) is 11.6 Å². The Kier molecular flexibility index (Phi) is 3.57. The molecule has 0 fully saturated rings. The van der Waals surface area contributed by atoms with Crippen LogP contribution in [0, 0.1) is 0 Å². The largest absolute Gasteiger partial charge is 0.505 e. The maximum atomic E-state index is 11.7. The molecule has 0 aliphatic heterocycles. The van der Waals surface area contributed by atoms with Crippen LogP contribution >= 0.6 is 0 Å². The number of hydrogen-bond donors (Lipinski definition) is 2. The summed E-state index contributed by atoms with van der Waals surface area (Å²) >= 11 is 0. The molecule has 6 nitrogen and oxygen atoms in total. The van der Waals surface area contributed by atoms with E-state index >= 15 is 0 Å². The van der Waals surface area contributed by atoms with Crippen molar-refractivity contribution in [2.45, 2.75) is 6.42 Å². The highest BCUT2D eigenvalue weighted by molar-refractivity contribution is 5.94. The number of aromatic hydroxyl groups is 1. The first-order valence-corrected chi connectivity index (χ1v) is 5.56. The number of rotatable bonds is 4. The topological polar surface area (TPSA) is 80.0 Å². The van der Waals surface area contributed by atoms with Crippen molar-refractivity contribution in [3.63, 3.8) is 0 Å². The van der Waals surface area contributed by atoms with E-state index in [0.29, 0.717) is 13.0 Å². The van der Waals surface area contributed by atoms with Crippen LogP contribution in [-0.4, -0.2) is 32.1 Å². The summed E-state index contributed by atoms with van der Waals surface area (Å²) in [6, 6.07) is 3.00. The molecule has 2 aromatic rings. The van der Waals surface area contributed by atoms with E-state index in [0.717, 1.165) is 5.69 Å². The SMILES string of the molecule is Cn1cncc1CCNC(=O)c1ncccc1O. The molecule has 0 saturated carbocycles. The molecule has 0 bridgehead atoms. The van der Waals surface area contributed by atoms with Crippen molar-refractivity contribution in [3.8, 4) is 5.75 Å². The second-order valence-electron chi connectivity index (χ2n) is 3.87. The van der Waals surface area contributed by atoms with Crippen molar-refractivity contribution >= 4 is 5.91 Å². The first kappa shape index (κ1) is 12.1. The summed E-state index contributed by atoms with van der Waals surface area (Å²) in [5.41, 5.74) is 1.07. The number of carbonyl (C=O) groups is 1. The molecule has 1 amide bonds. The predicted octanol–water partition coefficient (Wildman–Crippen LogP) is 0.493. The standard InChI is InChI=1S/C12H14N4O2/c1-16-8-13-7-9(16)4-6-15-12(18)11-10(17)3-2-5-14-11/h2-3,5,7-8,17H,4,6H2,1H3,(H,15,18). The van der Waals surface area contributed by atoms with Gasteiger partial charge in [0, 0.05) is 38.1 Å². The van der Waals surface area contributed by atoms with Gasteiger partial charge in [-0.25, -0.2) is 9.97 Å². The van der Waals surface area contributed by atoms with Crippen molar-refractivity contribution in [3.05, 3.63) is 42.2 Å². The zero-order chi connectivity index (χ0) is 13.0. The average Bonchev–Trinajstić information content (AvgIpc) is 2.75. The van der Waals surface area contributed by atoms with Crippen LogP contribution in [0.2, 0.25) is 0 Å². The molecule has 0 unspecified atom stereocenters. The zero-order valence-electron chi connectivity index (χ0n) is 10.00. The fraction of sp³-hybridized carbons (Fsp3) is 0.250. The van der Waals surface area contributed by atoms with Gasteiger partial charge in [-0.15, -0.1) is 0 Å². The molecule has 6 heteroatoms. The predicted molar refractivity (Wildman–Crippen MR) is 65.1 cm³/mol. The van der Waals surface area contributed by atoms with Crippen LogP contribution in [0.4, 0.5) is 0 Å². The monoisotopic (exact) mass is 246 g/mol. The normalized spacial score (nSPS) is 10.3. The molecule has 0 radical (unpaired) electrons. The Morgan fingerprint density at radius 2 is 2.39 bits per heavy atom. The molecule has 0 aliphatic carbocycles. The van der Waals surface area contributed by atoms with Gasteiger partial charge in [-0.1, -0.05) is 0 Å². The summed E-state index contributed by atoms with van der Waals surface area (Å²) in [6.45, 7) is 0.467. The number of hydrogen-bond acceptors (Lipinski definition) is 4. The van der Waals surface area contributed by atoms with Crippen molar-refractivity contribution in [2.24, 2.45) is 7.05 Å². The molecule has 2 rings (SSSR count). The van der Waals surface area contributed by atoms with Gasteiger partial charge in [-0.3, -0.25) is 4.79 Å². The van der Waals surface area contributed by atoms with E-state index < -0.39 is 0 Å². The van der Waals surface area contributed by atoms with Crippen LogP contribution < -0.4 is 5.32 Å². The molecular formula is C12H14N4O2. The molecule has 0 saturated heterocycles. The number of carbonyl (C=O) groups excluding carboxylic acids is 1. The van der Waals surface area contributed by atoms with E-state index in [2.05, 4.69) is 15.3 Å². The molecule has 0 atom stereocenters. The van der Waals surface area contributed by atoms with Gasteiger partial charge in [0.2, 0.25) is 0 Å². The van der Waals surface area contributed by atoms with Crippen LogP contribution in [0.5, 0.6) is 5.75 Å². The Hall–Kier alpha value is -2.37. The third-order valence-electron chi connectivity index (χ3n) is 2.58. The van der Waals surface area contributed by atoms with E-state index in [1.165, 1.54) is 12.3 Å². The molecule has 0 aliphatic rings. The molecular weight excluding hydrogens is 232 g/mol. The van der Waals surface area contributed by atoms with Crippen LogP contribution in [-0.2, 0) is 13.5 Å². The fourth-order valence-corrected chi connectivity index (χ4v) is 1.59. The van der Waals surface area contributed by atoms with Crippen LogP contribution in [0.3, 0.4) is 0 Å². The lowest BCUT2D eigenvalue weighted by atomic mass is 10.3. The Morgan fingerprint density at radius 3 is 3.06 bits per heavy atom. The fourth-order valence-electron chi connectivity index (χ4n) is 1.59. The highest BCUT2D eigenvalue weighted by Gasteiger charge is 2.11. The minimum absolute atomic E-state index is 0.0440. The van der Waals surface area contributed by atoms with Gasteiger partial charge in [-0.05, 0) is 12.1 Å². The van der Waals surface area contributed by atoms with E-state index in [1.54, 1.807) is 18.6 Å².